The van der Waals surface area contributed by atoms with Crippen LogP contribution in [0.3, 0.4) is 0 Å². The highest BCUT2D eigenvalue weighted by molar-refractivity contribution is 7.16. The van der Waals surface area contributed by atoms with Crippen LogP contribution in [-0.4, -0.2) is 35.4 Å². The first kappa shape index (κ1) is 17.4. The van der Waals surface area contributed by atoms with Crippen LogP contribution in [0.25, 0.3) is 10.9 Å². The Balaban J connectivity index is 1.57. The largest absolute Gasteiger partial charge is 0.451 e. The summed E-state index contributed by atoms with van der Waals surface area (Å²) < 4.78 is 5.76. The van der Waals surface area contributed by atoms with Crippen molar-refractivity contribution < 1.29 is 14.3 Å². The number of aromatic nitrogens is 1. The number of likely N-dealkylation sites (N-methyl/N-ethyl adjacent to an activating group) is 1. The molecule has 0 spiro atoms. The minimum Gasteiger partial charge on any atom is -0.451 e. The fourth-order valence-electron chi connectivity index (χ4n) is 2.25. The van der Waals surface area contributed by atoms with Crippen LogP contribution in [0, 0.1) is 0 Å². The van der Waals surface area contributed by atoms with Gasteiger partial charge < -0.3 is 9.64 Å². The van der Waals surface area contributed by atoms with Crippen LogP contribution in [0.2, 0.25) is 4.34 Å². The number of rotatable bonds is 5. The van der Waals surface area contributed by atoms with E-state index in [1.807, 2.05) is 30.3 Å². The first-order valence-electron chi connectivity index (χ1n) is 7.54. The first-order chi connectivity index (χ1) is 12.0. The molecule has 7 heteroatoms. The van der Waals surface area contributed by atoms with Crippen molar-refractivity contribution in [3.63, 3.8) is 0 Å². The van der Waals surface area contributed by atoms with Crippen molar-refractivity contribution in [1.29, 1.82) is 0 Å². The number of carbonyl (C=O) groups is 2. The standard InChI is InChI=1S/C18H15ClN2O3S/c1-21(10-13-7-9-16(19)25-13)17(22)11-24-18(23)15-8-6-12-4-2-3-5-14(12)20-15/h2-9H,10-11H2,1H3. The maximum absolute atomic E-state index is 12.1. The third-order valence-electron chi connectivity index (χ3n) is 3.58. The van der Waals surface area contributed by atoms with E-state index in [1.165, 1.54) is 16.2 Å². The number of para-hydroxylation sites is 1. The topological polar surface area (TPSA) is 59.5 Å². The van der Waals surface area contributed by atoms with Gasteiger partial charge in [0.2, 0.25) is 0 Å². The Kier molecular flexibility index (Phi) is 5.31. The van der Waals surface area contributed by atoms with E-state index in [0.29, 0.717) is 16.4 Å². The summed E-state index contributed by atoms with van der Waals surface area (Å²) in [6.07, 6.45) is 0. The van der Waals surface area contributed by atoms with Gasteiger partial charge in [-0.1, -0.05) is 35.9 Å². The zero-order valence-electron chi connectivity index (χ0n) is 13.4. The second-order valence-electron chi connectivity index (χ2n) is 5.42. The van der Waals surface area contributed by atoms with Crippen molar-refractivity contribution >= 4 is 45.7 Å². The molecule has 25 heavy (non-hydrogen) atoms. The van der Waals surface area contributed by atoms with Gasteiger partial charge in [-0.3, -0.25) is 4.79 Å². The highest BCUT2D eigenvalue weighted by Crippen LogP contribution is 2.22. The summed E-state index contributed by atoms with van der Waals surface area (Å²) in [7, 11) is 1.65. The Bertz CT molecular complexity index is 925. The molecule has 2 heterocycles. The number of amides is 1. The molecule has 1 aromatic carbocycles. The Morgan fingerprint density at radius 1 is 1.16 bits per heavy atom. The van der Waals surface area contributed by atoms with Gasteiger partial charge in [0, 0.05) is 17.3 Å². The fourth-order valence-corrected chi connectivity index (χ4v) is 3.39. The maximum Gasteiger partial charge on any atom is 0.357 e. The highest BCUT2D eigenvalue weighted by atomic mass is 35.5. The average molecular weight is 375 g/mol. The quantitative estimate of drug-likeness (QED) is 0.638. The first-order valence-corrected chi connectivity index (χ1v) is 8.73. The molecule has 128 valence electrons. The van der Waals surface area contributed by atoms with Crippen LogP contribution < -0.4 is 0 Å². The molecule has 0 bridgehead atoms. The minimum atomic E-state index is -0.619. The Labute approximate surface area is 153 Å². The zero-order chi connectivity index (χ0) is 17.8. The number of benzene rings is 1. The molecule has 1 amide bonds. The predicted octanol–water partition coefficient (Wildman–Crippen LogP) is 3.77. The van der Waals surface area contributed by atoms with E-state index in [9.17, 15) is 9.59 Å². The van der Waals surface area contributed by atoms with Gasteiger partial charge in [0.25, 0.3) is 5.91 Å². The number of carbonyl (C=O) groups excluding carboxylic acids is 2. The highest BCUT2D eigenvalue weighted by Gasteiger charge is 2.15. The number of pyridine rings is 1. The molecule has 0 fully saturated rings. The molecule has 0 aliphatic heterocycles. The van der Waals surface area contributed by atoms with Gasteiger partial charge in [0.1, 0.15) is 5.69 Å². The van der Waals surface area contributed by atoms with Crippen molar-refractivity contribution in [3.8, 4) is 0 Å². The number of thiophene rings is 1. The predicted molar refractivity (Wildman–Crippen MR) is 97.8 cm³/mol. The summed E-state index contributed by atoms with van der Waals surface area (Å²) >= 11 is 7.28. The van der Waals surface area contributed by atoms with Crippen molar-refractivity contribution in [3.05, 3.63) is 63.4 Å². The van der Waals surface area contributed by atoms with Gasteiger partial charge >= 0.3 is 5.97 Å². The summed E-state index contributed by atoms with van der Waals surface area (Å²) in [6.45, 7) is 0.0882. The second-order valence-corrected chi connectivity index (χ2v) is 7.22. The number of halogens is 1. The number of hydrogen-bond donors (Lipinski definition) is 0. The van der Waals surface area contributed by atoms with Gasteiger partial charge in [-0.25, -0.2) is 9.78 Å². The Morgan fingerprint density at radius 2 is 1.96 bits per heavy atom. The molecule has 0 saturated carbocycles. The lowest BCUT2D eigenvalue weighted by molar-refractivity contribution is -0.133. The zero-order valence-corrected chi connectivity index (χ0v) is 15.0. The number of ether oxygens (including phenoxy) is 1. The molecule has 0 unspecified atom stereocenters. The van der Waals surface area contributed by atoms with Crippen molar-refractivity contribution in [1.82, 2.24) is 9.88 Å². The van der Waals surface area contributed by atoms with Crippen LogP contribution in [0.4, 0.5) is 0 Å². The number of fused-ring (bicyclic) bond motifs is 1. The van der Waals surface area contributed by atoms with Crippen LogP contribution in [0.15, 0.2) is 48.5 Å². The molecule has 5 nitrogen and oxygen atoms in total. The molecule has 0 aliphatic rings. The van der Waals surface area contributed by atoms with Gasteiger partial charge in [-0.15, -0.1) is 11.3 Å². The monoisotopic (exact) mass is 374 g/mol. The summed E-state index contributed by atoms with van der Waals surface area (Å²) in [4.78, 5) is 30.9. The number of esters is 1. The van der Waals surface area contributed by atoms with E-state index in [1.54, 1.807) is 25.2 Å². The van der Waals surface area contributed by atoms with E-state index in [-0.39, 0.29) is 18.2 Å². The SMILES string of the molecule is CN(Cc1ccc(Cl)s1)C(=O)COC(=O)c1ccc2ccccc2n1. The summed E-state index contributed by atoms with van der Waals surface area (Å²) in [5.74, 6) is -0.912. The molecule has 3 rings (SSSR count). The second kappa shape index (κ2) is 7.63. The average Bonchev–Trinajstić information content (AvgIpc) is 3.03. The number of hydrogen-bond acceptors (Lipinski definition) is 5. The van der Waals surface area contributed by atoms with Gasteiger partial charge in [-0.2, -0.15) is 0 Å². The molecule has 3 aromatic rings. The molecule has 0 radical (unpaired) electrons. The van der Waals surface area contributed by atoms with Crippen LogP contribution >= 0.6 is 22.9 Å². The minimum absolute atomic E-state index is 0.180. The lowest BCUT2D eigenvalue weighted by Crippen LogP contribution is -2.30. The summed E-state index contributed by atoms with van der Waals surface area (Å²) in [5.41, 5.74) is 0.883. The van der Waals surface area contributed by atoms with E-state index in [4.69, 9.17) is 16.3 Å². The van der Waals surface area contributed by atoms with Crippen LogP contribution in [-0.2, 0) is 16.1 Å². The van der Waals surface area contributed by atoms with E-state index in [2.05, 4.69) is 4.98 Å². The third kappa shape index (κ3) is 4.35. The fraction of sp³-hybridized carbons (Fsp3) is 0.167. The molecular formula is C18H15ClN2O3S. The molecule has 0 N–H and O–H groups in total. The van der Waals surface area contributed by atoms with E-state index in [0.717, 1.165) is 10.3 Å². The maximum atomic E-state index is 12.1. The lowest BCUT2D eigenvalue weighted by atomic mass is 10.2. The van der Waals surface area contributed by atoms with Gasteiger partial charge in [-0.05, 0) is 24.3 Å². The Morgan fingerprint density at radius 3 is 2.72 bits per heavy atom. The van der Waals surface area contributed by atoms with Crippen LogP contribution in [0.1, 0.15) is 15.4 Å². The Hall–Kier alpha value is -2.44. The smallest absolute Gasteiger partial charge is 0.357 e. The van der Waals surface area contributed by atoms with Gasteiger partial charge in [0.15, 0.2) is 6.61 Å². The summed E-state index contributed by atoms with van der Waals surface area (Å²) in [6, 6.07) is 14.5. The van der Waals surface area contributed by atoms with Crippen LogP contribution in [0.5, 0.6) is 0 Å². The molecule has 0 aliphatic carbocycles. The lowest BCUT2D eigenvalue weighted by Gasteiger charge is -2.16. The van der Waals surface area contributed by atoms with E-state index >= 15 is 0 Å². The normalized spacial score (nSPS) is 10.6. The molecule has 0 atom stereocenters. The molecule has 0 saturated heterocycles. The molecular weight excluding hydrogens is 360 g/mol. The van der Waals surface area contributed by atoms with Crippen molar-refractivity contribution in [2.24, 2.45) is 0 Å². The molecule has 2 aromatic heterocycles. The van der Waals surface area contributed by atoms with E-state index < -0.39 is 5.97 Å². The van der Waals surface area contributed by atoms with Gasteiger partial charge in [0.05, 0.1) is 16.4 Å². The summed E-state index contributed by atoms with van der Waals surface area (Å²) in [5, 5.41) is 0.935. The third-order valence-corrected chi connectivity index (χ3v) is 4.80. The van der Waals surface area contributed by atoms with Crippen molar-refractivity contribution in [2.75, 3.05) is 13.7 Å². The van der Waals surface area contributed by atoms with Crippen molar-refractivity contribution in [2.45, 2.75) is 6.54 Å². The number of nitrogens with zero attached hydrogens (tertiary/aromatic N) is 2.